The number of rotatable bonds is 6. The molecule has 0 spiro atoms. The average Bonchev–Trinajstić information content (AvgIpc) is 2.68. The first kappa shape index (κ1) is 17.5. The van der Waals surface area contributed by atoms with E-state index in [-0.39, 0.29) is 18.0 Å². The molecule has 25 heavy (non-hydrogen) atoms. The molecule has 2 unspecified atom stereocenters. The summed E-state index contributed by atoms with van der Waals surface area (Å²) in [5.74, 6) is 1.03. The predicted molar refractivity (Wildman–Crippen MR) is 98.6 cm³/mol. The molecule has 1 fully saturated rings. The minimum atomic E-state index is -0.103. The van der Waals surface area contributed by atoms with Crippen molar-refractivity contribution in [3.8, 4) is 5.75 Å². The Labute approximate surface area is 150 Å². The quantitative estimate of drug-likeness (QED) is 0.675. The van der Waals surface area contributed by atoms with Crippen LogP contribution in [0.3, 0.4) is 0 Å². The second kappa shape index (κ2) is 8.70. The largest absolute Gasteiger partial charge is 0.489 e. The van der Waals surface area contributed by atoms with Gasteiger partial charge in [-0.1, -0.05) is 55.8 Å². The molecular weight excluding hydrogens is 312 g/mol. The Kier molecular flexibility index (Phi) is 6.10. The van der Waals surface area contributed by atoms with E-state index in [0.29, 0.717) is 13.0 Å². The first-order valence-corrected chi connectivity index (χ1v) is 9.22. The van der Waals surface area contributed by atoms with Gasteiger partial charge in [-0.2, -0.15) is 0 Å². The topological polar surface area (TPSA) is 35.5 Å². The highest BCUT2D eigenvalue weighted by atomic mass is 16.5. The Morgan fingerprint density at radius 2 is 1.84 bits per heavy atom. The number of esters is 1. The zero-order valence-corrected chi connectivity index (χ0v) is 14.8. The maximum atomic E-state index is 11.7. The highest BCUT2D eigenvalue weighted by molar-refractivity contribution is 5.69. The third kappa shape index (κ3) is 4.85. The van der Waals surface area contributed by atoms with Crippen molar-refractivity contribution in [2.24, 2.45) is 0 Å². The summed E-state index contributed by atoms with van der Waals surface area (Å²) in [6.45, 7) is 2.40. The molecule has 0 N–H and O–H groups in total. The van der Waals surface area contributed by atoms with E-state index in [9.17, 15) is 4.79 Å². The maximum absolute atomic E-state index is 11.7. The van der Waals surface area contributed by atoms with Gasteiger partial charge in [-0.3, -0.25) is 4.79 Å². The van der Waals surface area contributed by atoms with Gasteiger partial charge in [0.15, 0.2) is 0 Å². The van der Waals surface area contributed by atoms with Crippen LogP contribution in [-0.4, -0.2) is 12.1 Å². The fraction of sp³-hybridized carbons (Fsp3) is 0.409. The standard InChI is InChI=1S/C22H26O3/c1-2-22(23)25-21-14-7-6-13-20(21)18-11-8-12-19(15-18)24-16-17-9-4-3-5-10-17/h3-5,8-12,15,20-21H,2,6-7,13-14,16H2,1H3. The summed E-state index contributed by atoms with van der Waals surface area (Å²) in [5.41, 5.74) is 2.36. The van der Waals surface area contributed by atoms with Gasteiger partial charge in [-0.25, -0.2) is 0 Å². The molecule has 3 nitrogen and oxygen atoms in total. The number of hydrogen-bond acceptors (Lipinski definition) is 3. The molecule has 0 radical (unpaired) electrons. The Bertz CT molecular complexity index is 681. The summed E-state index contributed by atoms with van der Waals surface area (Å²) in [7, 11) is 0. The monoisotopic (exact) mass is 338 g/mol. The molecule has 0 bridgehead atoms. The number of hydrogen-bond donors (Lipinski definition) is 0. The molecule has 1 aliphatic carbocycles. The summed E-state index contributed by atoms with van der Waals surface area (Å²) < 4.78 is 11.7. The van der Waals surface area contributed by atoms with Crippen LogP contribution in [0.25, 0.3) is 0 Å². The minimum Gasteiger partial charge on any atom is -0.489 e. The van der Waals surface area contributed by atoms with Gasteiger partial charge in [0.1, 0.15) is 18.5 Å². The average molecular weight is 338 g/mol. The molecule has 3 rings (SSSR count). The third-order valence-corrected chi connectivity index (χ3v) is 4.81. The fourth-order valence-electron chi connectivity index (χ4n) is 3.45. The van der Waals surface area contributed by atoms with Gasteiger partial charge in [-0.05, 0) is 42.5 Å². The van der Waals surface area contributed by atoms with E-state index < -0.39 is 0 Å². The van der Waals surface area contributed by atoms with Crippen molar-refractivity contribution in [1.82, 2.24) is 0 Å². The van der Waals surface area contributed by atoms with Crippen LogP contribution < -0.4 is 4.74 Å². The number of carbonyl (C=O) groups excluding carboxylic acids is 1. The lowest BCUT2D eigenvalue weighted by Gasteiger charge is -2.31. The first-order valence-electron chi connectivity index (χ1n) is 9.22. The molecule has 0 saturated heterocycles. The molecule has 2 aromatic rings. The number of benzene rings is 2. The lowest BCUT2D eigenvalue weighted by Crippen LogP contribution is -2.28. The van der Waals surface area contributed by atoms with Gasteiger partial charge in [-0.15, -0.1) is 0 Å². The van der Waals surface area contributed by atoms with Crippen LogP contribution in [0.5, 0.6) is 5.75 Å². The van der Waals surface area contributed by atoms with Gasteiger partial charge >= 0.3 is 5.97 Å². The summed E-state index contributed by atoms with van der Waals surface area (Å²) >= 11 is 0. The molecule has 2 aromatic carbocycles. The van der Waals surface area contributed by atoms with Crippen molar-refractivity contribution < 1.29 is 14.3 Å². The maximum Gasteiger partial charge on any atom is 0.305 e. The zero-order valence-electron chi connectivity index (χ0n) is 14.8. The lowest BCUT2D eigenvalue weighted by atomic mass is 9.81. The smallest absolute Gasteiger partial charge is 0.305 e. The predicted octanol–water partition coefficient (Wildman–Crippen LogP) is 5.25. The molecule has 1 aliphatic rings. The molecule has 3 heteroatoms. The van der Waals surface area contributed by atoms with Gasteiger partial charge < -0.3 is 9.47 Å². The van der Waals surface area contributed by atoms with Crippen LogP contribution in [0.15, 0.2) is 54.6 Å². The highest BCUT2D eigenvalue weighted by Crippen LogP contribution is 2.36. The van der Waals surface area contributed by atoms with E-state index in [1.165, 1.54) is 12.0 Å². The molecule has 132 valence electrons. The molecule has 0 aliphatic heterocycles. The van der Waals surface area contributed by atoms with E-state index in [0.717, 1.165) is 30.6 Å². The molecular formula is C22H26O3. The van der Waals surface area contributed by atoms with Gasteiger partial charge in [0.05, 0.1) is 0 Å². The summed E-state index contributed by atoms with van der Waals surface area (Å²) in [6.07, 6.45) is 4.74. The Morgan fingerprint density at radius 3 is 2.64 bits per heavy atom. The Hall–Kier alpha value is -2.29. The van der Waals surface area contributed by atoms with Crippen LogP contribution in [0.2, 0.25) is 0 Å². The second-order valence-corrected chi connectivity index (χ2v) is 6.62. The molecule has 1 saturated carbocycles. The zero-order chi connectivity index (χ0) is 17.5. The van der Waals surface area contributed by atoms with Crippen LogP contribution in [0.4, 0.5) is 0 Å². The molecule has 0 heterocycles. The second-order valence-electron chi connectivity index (χ2n) is 6.62. The van der Waals surface area contributed by atoms with E-state index in [2.05, 4.69) is 24.3 Å². The molecule has 0 aromatic heterocycles. The van der Waals surface area contributed by atoms with Crippen molar-refractivity contribution in [3.63, 3.8) is 0 Å². The van der Waals surface area contributed by atoms with Crippen LogP contribution in [0, 0.1) is 0 Å². The van der Waals surface area contributed by atoms with Crippen LogP contribution in [-0.2, 0) is 16.1 Å². The van der Waals surface area contributed by atoms with E-state index in [4.69, 9.17) is 9.47 Å². The van der Waals surface area contributed by atoms with Gasteiger partial charge in [0.25, 0.3) is 0 Å². The minimum absolute atomic E-state index is 0.00873. The Balaban J connectivity index is 1.69. The Morgan fingerprint density at radius 1 is 1.04 bits per heavy atom. The SMILES string of the molecule is CCC(=O)OC1CCCCC1c1cccc(OCc2ccccc2)c1. The van der Waals surface area contributed by atoms with E-state index in [1.807, 2.05) is 37.3 Å². The third-order valence-electron chi connectivity index (χ3n) is 4.81. The lowest BCUT2D eigenvalue weighted by molar-refractivity contribution is -0.151. The van der Waals surface area contributed by atoms with Crippen molar-refractivity contribution in [3.05, 3.63) is 65.7 Å². The van der Waals surface area contributed by atoms with Crippen LogP contribution >= 0.6 is 0 Å². The summed E-state index contributed by atoms with van der Waals surface area (Å²) in [4.78, 5) is 11.7. The van der Waals surface area contributed by atoms with Crippen molar-refractivity contribution >= 4 is 5.97 Å². The normalized spacial score (nSPS) is 20.0. The summed E-state index contributed by atoms with van der Waals surface area (Å²) in [6, 6.07) is 18.4. The molecule has 0 amide bonds. The summed E-state index contributed by atoms with van der Waals surface area (Å²) in [5, 5.41) is 0. The van der Waals surface area contributed by atoms with E-state index in [1.54, 1.807) is 0 Å². The number of ether oxygens (including phenoxy) is 2. The van der Waals surface area contributed by atoms with Crippen molar-refractivity contribution in [2.45, 2.75) is 57.7 Å². The van der Waals surface area contributed by atoms with Gasteiger partial charge in [0, 0.05) is 12.3 Å². The van der Waals surface area contributed by atoms with Crippen molar-refractivity contribution in [2.75, 3.05) is 0 Å². The van der Waals surface area contributed by atoms with Crippen LogP contribution in [0.1, 0.15) is 56.1 Å². The molecule has 2 atom stereocenters. The highest BCUT2D eigenvalue weighted by Gasteiger charge is 2.29. The fourth-order valence-corrected chi connectivity index (χ4v) is 3.45. The first-order chi connectivity index (χ1) is 12.3. The van der Waals surface area contributed by atoms with Gasteiger partial charge in [0.2, 0.25) is 0 Å². The van der Waals surface area contributed by atoms with Crippen molar-refractivity contribution in [1.29, 1.82) is 0 Å². The number of carbonyl (C=O) groups is 1. The van der Waals surface area contributed by atoms with E-state index >= 15 is 0 Å².